The minimum Gasteiger partial charge on any atom is -0.495 e. The van der Waals surface area contributed by atoms with Gasteiger partial charge in [0.05, 0.1) is 18.5 Å². The number of hydrogen-bond donors (Lipinski definition) is 1. The van der Waals surface area contributed by atoms with Crippen LogP contribution >= 0.6 is 0 Å². The maximum atomic E-state index is 13.8. The fourth-order valence-electron chi connectivity index (χ4n) is 1.69. The van der Waals surface area contributed by atoms with E-state index in [1.54, 1.807) is 13.8 Å². The highest BCUT2D eigenvalue weighted by Gasteiger charge is 2.33. The molecule has 0 radical (unpaired) electrons. The molecule has 0 heterocycles. The van der Waals surface area contributed by atoms with E-state index in [1.807, 2.05) is 0 Å². The lowest BCUT2D eigenvalue weighted by molar-refractivity contribution is -0.120. The molecular weight excluding hydrogens is 264 g/mol. The molecule has 3 nitrogen and oxygen atoms in total. The molecule has 108 valence electrons. The van der Waals surface area contributed by atoms with E-state index in [9.17, 15) is 17.6 Å². The Bertz CT molecular complexity index is 446. The van der Waals surface area contributed by atoms with Crippen LogP contribution in [0.15, 0.2) is 12.1 Å². The number of alkyl halides is 3. The first-order valence-electron chi connectivity index (χ1n) is 5.62. The second kappa shape index (κ2) is 5.54. The SMILES string of the molecule is COc1cc(N(CC(F)(F)F)C(C)C)c(F)cc1N. The Morgan fingerprint density at radius 1 is 1.32 bits per heavy atom. The maximum Gasteiger partial charge on any atom is 0.405 e. The molecule has 0 fully saturated rings. The number of methoxy groups -OCH3 is 1. The summed E-state index contributed by atoms with van der Waals surface area (Å²) in [6.45, 7) is 1.86. The van der Waals surface area contributed by atoms with Crippen molar-refractivity contribution in [3.05, 3.63) is 17.9 Å². The Morgan fingerprint density at radius 2 is 1.89 bits per heavy atom. The van der Waals surface area contributed by atoms with E-state index in [0.717, 1.165) is 11.0 Å². The topological polar surface area (TPSA) is 38.5 Å². The van der Waals surface area contributed by atoms with Crippen molar-refractivity contribution in [2.75, 3.05) is 24.3 Å². The third-order valence-corrected chi connectivity index (χ3v) is 2.58. The molecule has 7 heteroatoms. The highest BCUT2D eigenvalue weighted by atomic mass is 19.4. The van der Waals surface area contributed by atoms with Gasteiger partial charge in [0.25, 0.3) is 0 Å². The van der Waals surface area contributed by atoms with Crippen molar-refractivity contribution in [3.8, 4) is 5.75 Å². The minimum absolute atomic E-state index is 0.0412. The van der Waals surface area contributed by atoms with Crippen LogP contribution in [0.2, 0.25) is 0 Å². The first-order valence-corrected chi connectivity index (χ1v) is 5.62. The average Bonchev–Trinajstić information content (AvgIpc) is 2.25. The fraction of sp³-hybridized carbons (Fsp3) is 0.500. The van der Waals surface area contributed by atoms with Gasteiger partial charge in [0, 0.05) is 18.2 Å². The van der Waals surface area contributed by atoms with Crippen LogP contribution < -0.4 is 15.4 Å². The molecule has 0 amide bonds. The number of halogens is 4. The summed E-state index contributed by atoms with van der Waals surface area (Å²) in [5, 5.41) is 0. The molecule has 0 unspecified atom stereocenters. The molecule has 0 aromatic heterocycles. The van der Waals surface area contributed by atoms with Gasteiger partial charge in [-0.25, -0.2) is 4.39 Å². The van der Waals surface area contributed by atoms with Crippen LogP contribution in [-0.4, -0.2) is 25.9 Å². The van der Waals surface area contributed by atoms with Gasteiger partial charge in [-0.05, 0) is 13.8 Å². The highest BCUT2D eigenvalue weighted by Crippen LogP contribution is 2.33. The number of nitrogen functional groups attached to an aromatic ring is 1. The van der Waals surface area contributed by atoms with Crippen molar-refractivity contribution in [3.63, 3.8) is 0 Å². The highest BCUT2D eigenvalue weighted by molar-refractivity contribution is 5.63. The standard InChI is InChI=1S/C12H16F4N2O/c1-7(2)18(6-12(14,15)16)10-5-11(19-3)9(17)4-8(10)13/h4-5,7H,6,17H2,1-3H3. The number of rotatable bonds is 4. The van der Waals surface area contributed by atoms with Gasteiger partial charge in [0.15, 0.2) is 0 Å². The van der Waals surface area contributed by atoms with E-state index in [2.05, 4.69) is 0 Å². The Morgan fingerprint density at radius 3 is 2.32 bits per heavy atom. The van der Waals surface area contributed by atoms with E-state index in [-0.39, 0.29) is 17.1 Å². The van der Waals surface area contributed by atoms with Gasteiger partial charge in [-0.1, -0.05) is 0 Å². The molecule has 19 heavy (non-hydrogen) atoms. The molecule has 0 spiro atoms. The van der Waals surface area contributed by atoms with Gasteiger partial charge >= 0.3 is 6.18 Å². The first kappa shape index (κ1) is 15.4. The molecule has 0 atom stereocenters. The Kier molecular flexibility index (Phi) is 4.49. The molecule has 1 aromatic carbocycles. The van der Waals surface area contributed by atoms with Gasteiger partial charge in [-0.3, -0.25) is 0 Å². The number of nitrogens with two attached hydrogens (primary N) is 1. The van der Waals surface area contributed by atoms with Gasteiger partial charge in [0.1, 0.15) is 18.1 Å². The molecular formula is C12H16F4N2O. The van der Waals surface area contributed by atoms with Crippen molar-refractivity contribution in [1.29, 1.82) is 0 Å². The molecule has 1 rings (SSSR count). The van der Waals surface area contributed by atoms with E-state index in [1.165, 1.54) is 13.2 Å². The van der Waals surface area contributed by atoms with Crippen molar-refractivity contribution < 1.29 is 22.3 Å². The van der Waals surface area contributed by atoms with Gasteiger partial charge < -0.3 is 15.4 Å². The Labute approximate surface area is 108 Å². The van der Waals surface area contributed by atoms with Crippen LogP contribution in [0.25, 0.3) is 0 Å². The summed E-state index contributed by atoms with van der Waals surface area (Å²) in [4.78, 5) is 0.914. The van der Waals surface area contributed by atoms with E-state index >= 15 is 0 Å². The number of benzene rings is 1. The zero-order valence-corrected chi connectivity index (χ0v) is 10.9. The third-order valence-electron chi connectivity index (χ3n) is 2.58. The summed E-state index contributed by atoms with van der Waals surface area (Å²) in [7, 11) is 1.32. The van der Waals surface area contributed by atoms with Crippen LogP contribution in [0.5, 0.6) is 5.75 Å². The lowest BCUT2D eigenvalue weighted by atomic mass is 10.2. The normalized spacial score (nSPS) is 11.8. The summed E-state index contributed by atoms with van der Waals surface area (Å²) in [5.74, 6) is -0.666. The minimum atomic E-state index is -4.43. The molecule has 0 aliphatic rings. The van der Waals surface area contributed by atoms with Crippen LogP contribution in [-0.2, 0) is 0 Å². The zero-order chi connectivity index (χ0) is 14.8. The summed E-state index contributed by atoms with van der Waals surface area (Å²) in [6, 6.07) is 1.61. The first-order chi connectivity index (χ1) is 8.65. The molecule has 0 aliphatic carbocycles. The molecule has 0 saturated heterocycles. The zero-order valence-electron chi connectivity index (χ0n) is 10.9. The predicted octanol–water partition coefficient (Wildman–Crippen LogP) is 3.19. The second-order valence-corrected chi connectivity index (χ2v) is 4.38. The molecule has 2 N–H and O–H groups in total. The van der Waals surface area contributed by atoms with E-state index < -0.39 is 24.6 Å². The van der Waals surface area contributed by atoms with Crippen molar-refractivity contribution in [2.45, 2.75) is 26.1 Å². The lowest BCUT2D eigenvalue weighted by Crippen LogP contribution is -2.39. The van der Waals surface area contributed by atoms with Crippen LogP contribution in [0.3, 0.4) is 0 Å². The molecule has 0 bridgehead atoms. The smallest absolute Gasteiger partial charge is 0.405 e. The van der Waals surface area contributed by atoms with Crippen LogP contribution in [0, 0.1) is 5.82 Å². The fourth-order valence-corrected chi connectivity index (χ4v) is 1.69. The Hall–Kier alpha value is -1.66. The van der Waals surface area contributed by atoms with Crippen LogP contribution in [0.1, 0.15) is 13.8 Å². The lowest BCUT2D eigenvalue weighted by Gasteiger charge is -2.30. The van der Waals surface area contributed by atoms with E-state index in [0.29, 0.717) is 0 Å². The predicted molar refractivity (Wildman–Crippen MR) is 65.9 cm³/mol. The van der Waals surface area contributed by atoms with Crippen molar-refractivity contribution in [2.24, 2.45) is 0 Å². The number of nitrogens with zero attached hydrogens (tertiary/aromatic N) is 1. The number of anilines is 2. The maximum absolute atomic E-state index is 13.8. The van der Waals surface area contributed by atoms with Crippen molar-refractivity contribution in [1.82, 2.24) is 0 Å². The Balaban J connectivity index is 3.23. The average molecular weight is 280 g/mol. The third kappa shape index (κ3) is 3.90. The van der Waals surface area contributed by atoms with Gasteiger partial charge in [-0.15, -0.1) is 0 Å². The van der Waals surface area contributed by atoms with Crippen molar-refractivity contribution >= 4 is 11.4 Å². The second-order valence-electron chi connectivity index (χ2n) is 4.38. The van der Waals surface area contributed by atoms with Gasteiger partial charge in [0.2, 0.25) is 0 Å². The quantitative estimate of drug-likeness (QED) is 0.680. The van der Waals surface area contributed by atoms with E-state index in [4.69, 9.17) is 10.5 Å². The monoisotopic (exact) mass is 280 g/mol. The number of hydrogen-bond acceptors (Lipinski definition) is 3. The molecule has 1 aromatic rings. The summed E-state index contributed by atoms with van der Waals surface area (Å²) in [5.41, 5.74) is 5.36. The molecule has 0 saturated carbocycles. The number of ether oxygens (including phenoxy) is 1. The summed E-state index contributed by atoms with van der Waals surface area (Å²) < 4.78 is 56.3. The molecule has 0 aliphatic heterocycles. The summed E-state index contributed by atoms with van der Waals surface area (Å²) >= 11 is 0. The largest absolute Gasteiger partial charge is 0.495 e. The van der Waals surface area contributed by atoms with Gasteiger partial charge in [-0.2, -0.15) is 13.2 Å². The van der Waals surface area contributed by atoms with Crippen LogP contribution in [0.4, 0.5) is 28.9 Å². The summed E-state index contributed by atoms with van der Waals surface area (Å²) in [6.07, 6.45) is -4.43.